The fraction of sp³-hybridized carbons (Fsp3) is 0.500. The minimum Gasteiger partial charge on any atom is -0.493 e. The molecule has 0 aliphatic carbocycles. The first-order valence-electron chi connectivity index (χ1n) is 6.34. The Hall–Kier alpha value is -1.60. The molecule has 1 N–H and O–H groups in total. The van der Waals surface area contributed by atoms with Crippen LogP contribution in [-0.2, 0) is 0 Å². The third-order valence-corrected chi connectivity index (χ3v) is 2.65. The van der Waals surface area contributed by atoms with Crippen molar-refractivity contribution < 1.29 is 13.5 Å². The molecule has 1 rings (SSSR count). The number of halogens is 2. The van der Waals surface area contributed by atoms with Crippen LogP contribution < -0.4 is 10.1 Å². The van der Waals surface area contributed by atoms with Gasteiger partial charge in [-0.15, -0.1) is 12.8 Å². The molecule has 1 aromatic rings. The van der Waals surface area contributed by atoms with Crippen molar-refractivity contribution in [3.63, 3.8) is 0 Å². The van der Waals surface area contributed by atoms with Crippen molar-refractivity contribution >= 4 is 0 Å². The Bertz CT molecular complexity index is 450. The fourth-order valence-corrected chi connectivity index (χ4v) is 1.69. The number of methoxy groups -OCH3 is 1. The topological polar surface area (TPSA) is 21.3 Å². The summed E-state index contributed by atoms with van der Waals surface area (Å²) in [4.78, 5) is 0. The van der Waals surface area contributed by atoms with Gasteiger partial charge in [-0.05, 0) is 18.4 Å². The first-order chi connectivity index (χ1) is 9.24. The van der Waals surface area contributed by atoms with Crippen LogP contribution in [0.4, 0.5) is 8.78 Å². The molecule has 0 fully saturated rings. The molecule has 0 spiro atoms. The molecule has 0 aliphatic heterocycles. The van der Waals surface area contributed by atoms with E-state index in [0.29, 0.717) is 5.56 Å². The molecule has 0 saturated heterocycles. The predicted octanol–water partition coefficient (Wildman–Crippen LogP) is 3.92. The maximum absolute atomic E-state index is 13.6. The Morgan fingerprint density at radius 1 is 1.25 bits per heavy atom. The smallest absolute Gasteiger partial charge is 0.168 e. The number of terminal acetylenes is 1. The molecule has 20 heavy (non-hydrogen) atoms. The second-order valence-electron chi connectivity index (χ2n) is 5.67. The Kier molecular flexibility index (Phi) is 7.23. The first kappa shape index (κ1) is 18.4. The maximum Gasteiger partial charge on any atom is 0.168 e. The van der Waals surface area contributed by atoms with Crippen molar-refractivity contribution in [1.82, 2.24) is 5.32 Å². The van der Waals surface area contributed by atoms with Gasteiger partial charge in [0.25, 0.3) is 0 Å². The van der Waals surface area contributed by atoms with E-state index in [1.807, 2.05) is 6.92 Å². The van der Waals surface area contributed by atoms with Crippen LogP contribution in [0.2, 0.25) is 0 Å². The molecule has 4 heteroatoms. The third kappa shape index (κ3) is 5.58. The van der Waals surface area contributed by atoms with E-state index < -0.39 is 11.6 Å². The predicted molar refractivity (Wildman–Crippen MR) is 78.7 cm³/mol. The lowest BCUT2D eigenvalue weighted by molar-refractivity contribution is 0.344. The highest BCUT2D eigenvalue weighted by atomic mass is 19.1. The van der Waals surface area contributed by atoms with E-state index >= 15 is 0 Å². The average Bonchev–Trinajstić information content (AvgIpc) is 2.36. The number of ether oxygens (including phenoxy) is 1. The Balaban J connectivity index is 0.00000172. The fourth-order valence-electron chi connectivity index (χ4n) is 1.69. The SMILES string of the molecule is C#C.COc1c(F)cc(F)cc1[C@H](C)NCC(C)(C)C. The molecule has 0 bridgehead atoms. The van der Waals surface area contributed by atoms with E-state index in [2.05, 4.69) is 38.9 Å². The van der Waals surface area contributed by atoms with Crippen molar-refractivity contribution in [2.24, 2.45) is 5.41 Å². The van der Waals surface area contributed by atoms with E-state index in [0.717, 1.165) is 12.6 Å². The molecular formula is C16H23F2NO. The average molecular weight is 283 g/mol. The first-order valence-corrected chi connectivity index (χ1v) is 6.34. The molecular weight excluding hydrogens is 260 g/mol. The Morgan fingerprint density at radius 3 is 2.25 bits per heavy atom. The second-order valence-corrected chi connectivity index (χ2v) is 5.67. The Labute approximate surface area is 120 Å². The number of rotatable bonds is 4. The zero-order chi connectivity index (χ0) is 15.9. The van der Waals surface area contributed by atoms with Crippen LogP contribution >= 0.6 is 0 Å². The lowest BCUT2D eigenvalue weighted by Crippen LogP contribution is -2.29. The van der Waals surface area contributed by atoms with E-state index in [9.17, 15) is 8.78 Å². The van der Waals surface area contributed by atoms with Crippen molar-refractivity contribution in [2.45, 2.75) is 33.7 Å². The molecule has 0 radical (unpaired) electrons. The molecule has 2 nitrogen and oxygen atoms in total. The summed E-state index contributed by atoms with van der Waals surface area (Å²) in [7, 11) is 1.39. The Morgan fingerprint density at radius 2 is 1.80 bits per heavy atom. The summed E-state index contributed by atoms with van der Waals surface area (Å²) < 4.78 is 31.8. The number of hydrogen-bond donors (Lipinski definition) is 1. The molecule has 0 saturated carbocycles. The van der Waals surface area contributed by atoms with E-state index in [-0.39, 0.29) is 17.2 Å². The summed E-state index contributed by atoms with van der Waals surface area (Å²) >= 11 is 0. The van der Waals surface area contributed by atoms with Gasteiger partial charge >= 0.3 is 0 Å². The summed E-state index contributed by atoms with van der Waals surface area (Å²) in [6.45, 7) is 8.89. The van der Waals surface area contributed by atoms with E-state index in [4.69, 9.17) is 4.74 Å². The van der Waals surface area contributed by atoms with Gasteiger partial charge in [-0.3, -0.25) is 0 Å². The van der Waals surface area contributed by atoms with Crippen molar-refractivity contribution in [3.8, 4) is 18.6 Å². The quantitative estimate of drug-likeness (QED) is 0.846. The van der Waals surface area contributed by atoms with Crippen LogP contribution in [-0.4, -0.2) is 13.7 Å². The summed E-state index contributed by atoms with van der Waals surface area (Å²) in [5, 5.41) is 3.25. The molecule has 1 atom stereocenters. The molecule has 1 aromatic carbocycles. The lowest BCUT2D eigenvalue weighted by atomic mass is 9.96. The summed E-state index contributed by atoms with van der Waals surface area (Å²) in [5.74, 6) is -1.16. The van der Waals surface area contributed by atoms with E-state index in [1.54, 1.807) is 0 Å². The summed E-state index contributed by atoms with van der Waals surface area (Å²) in [6.07, 6.45) is 8.00. The zero-order valence-corrected chi connectivity index (χ0v) is 12.8. The van der Waals surface area contributed by atoms with Gasteiger partial charge in [0.05, 0.1) is 7.11 Å². The highest BCUT2D eigenvalue weighted by Gasteiger charge is 2.19. The summed E-state index contributed by atoms with van der Waals surface area (Å²) in [5.41, 5.74) is 0.604. The molecule has 0 amide bonds. The summed E-state index contributed by atoms with van der Waals surface area (Å²) in [6, 6.07) is 1.96. The maximum atomic E-state index is 13.6. The molecule has 112 valence electrons. The highest BCUT2D eigenvalue weighted by Crippen LogP contribution is 2.29. The normalized spacial score (nSPS) is 12.2. The molecule has 0 unspecified atom stereocenters. The standard InChI is InChI=1S/C14H21F2NO.C2H2/c1-9(17-8-14(2,3)4)11-6-10(15)7-12(16)13(11)18-5;1-2/h6-7,9,17H,8H2,1-5H3;1-2H/t9-;/m0./s1. The van der Waals surface area contributed by atoms with Gasteiger partial charge in [-0.25, -0.2) is 8.78 Å². The van der Waals surface area contributed by atoms with Gasteiger partial charge in [0, 0.05) is 24.2 Å². The van der Waals surface area contributed by atoms with Crippen LogP contribution in [0.15, 0.2) is 12.1 Å². The second kappa shape index (κ2) is 7.86. The molecule has 0 heterocycles. The van der Waals surface area contributed by atoms with Crippen molar-refractivity contribution in [3.05, 3.63) is 29.3 Å². The monoisotopic (exact) mass is 283 g/mol. The lowest BCUT2D eigenvalue weighted by Gasteiger charge is -2.24. The zero-order valence-electron chi connectivity index (χ0n) is 12.8. The number of nitrogens with one attached hydrogen (secondary N) is 1. The van der Waals surface area contributed by atoms with Crippen LogP contribution in [0.5, 0.6) is 5.75 Å². The van der Waals surface area contributed by atoms with Crippen molar-refractivity contribution in [2.75, 3.05) is 13.7 Å². The van der Waals surface area contributed by atoms with Crippen LogP contribution in [0.3, 0.4) is 0 Å². The van der Waals surface area contributed by atoms with E-state index in [1.165, 1.54) is 13.2 Å². The van der Waals surface area contributed by atoms with Gasteiger partial charge in [0.1, 0.15) is 5.82 Å². The molecule has 0 aliphatic rings. The van der Waals surface area contributed by atoms with Crippen LogP contribution in [0.1, 0.15) is 39.3 Å². The third-order valence-electron chi connectivity index (χ3n) is 2.65. The highest BCUT2D eigenvalue weighted by molar-refractivity contribution is 5.37. The van der Waals surface area contributed by atoms with Crippen LogP contribution in [0, 0.1) is 29.9 Å². The largest absolute Gasteiger partial charge is 0.493 e. The van der Waals surface area contributed by atoms with Crippen molar-refractivity contribution in [1.29, 1.82) is 0 Å². The van der Waals surface area contributed by atoms with Gasteiger partial charge in [-0.2, -0.15) is 0 Å². The van der Waals surface area contributed by atoms with Crippen LogP contribution in [0.25, 0.3) is 0 Å². The van der Waals surface area contributed by atoms with Gasteiger partial charge < -0.3 is 10.1 Å². The minimum absolute atomic E-state index is 0.102. The number of hydrogen-bond acceptors (Lipinski definition) is 2. The number of benzene rings is 1. The van der Waals surface area contributed by atoms with Gasteiger partial charge in [0.2, 0.25) is 0 Å². The molecule has 0 aromatic heterocycles. The minimum atomic E-state index is -0.670. The van der Waals surface area contributed by atoms with Gasteiger partial charge in [-0.1, -0.05) is 20.8 Å². The van der Waals surface area contributed by atoms with Gasteiger partial charge in [0.15, 0.2) is 11.6 Å².